The number of sulfonamides is 1. The molecule has 9 heteroatoms. The highest BCUT2D eigenvalue weighted by Crippen LogP contribution is 2.34. The molecule has 1 atom stereocenters. The zero-order valence-corrected chi connectivity index (χ0v) is 19.3. The molecule has 0 aliphatic carbocycles. The van der Waals surface area contributed by atoms with Crippen LogP contribution in [0.4, 0.5) is 5.69 Å². The molecule has 0 saturated carbocycles. The Morgan fingerprint density at radius 3 is 2.52 bits per heavy atom. The number of carbonyl (C=O) groups is 2. The first-order chi connectivity index (χ1) is 14.6. The maximum atomic E-state index is 13.4. The lowest BCUT2D eigenvalue weighted by Crippen LogP contribution is -2.70. The van der Waals surface area contributed by atoms with Crippen molar-refractivity contribution >= 4 is 39.1 Å². The summed E-state index contributed by atoms with van der Waals surface area (Å²) in [4.78, 5) is 28.0. The molecular formula is C22H26ClN3O4S. The fourth-order valence-corrected chi connectivity index (χ4v) is 5.00. The van der Waals surface area contributed by atoms with Gasteiger partial charge in [-0.3, -0.25) is 14.5 Å². The van der Waals surface area contributed by atoms with Crippen LogP contribution in [-0.2, 0) is 26.2 Å². The molecule has 0 spiro atoms. The first-order valence-electron chi connectivity index (χ1n) is 9.98. The van der Waals surface area contributed by atoms with Crippen LogP contribution in [0, 0.1) is 6.92 Å². The lowest BCUT2D eigenvalue weighted by molar-refractivity contribution is -0.133. The molecule has 1 unspecified atom stereocenters. The number of rotatable bonds is 6. The topological polar surface area (TPSA) is 86.8 Å². The number of hydrogen-bond acceptors (Lipinski definition) is 4. The van der Waals surface area contributed by atoms with Crippen molar-refractivity contribution in [2.45, 2.75) is 32.9 Å². The summed E-state index contributed by atoms with van der Waals surface area (Å²) in [5.74, 6) is -1.08. The number of piperazine rings is 1. The second-order valence-electron chi connectivity index (χ2n) is 7.77. The van der Waals surface area contributed by atoms with E-state index in [1.54, 1.807) is 25.1 Å². The Morgan fingerprint density at radius 2 is 1.87 bits per heavy atom. The third kappa shape index (κ3) is 4.76. The smallest absolute Gasteiger partial charge is 0.247 e. The van der Waals surface area contributed by atoms with Gasteiger partial charge < -0.3 is 5.32 Å². The number of benzene rings is 2. The molecule has 3 rings (SSSR count). The van der Waals surface area contributed by atoms with Crippen molar-refractivity contribution in [2.75, 3.05) is 23.7 Å². The third-order valence-corrected chi connectivity index (χ3v) is 7.50. The van der Waals surface area contributed by atoms with Crippen LogP contribution in [0.5, 0.6) is 0 Å². The molecule has 1 saturated heterocycles. The van der Waals surface area contributed by atoms with E-state index in [4.69, 9.17) is 11.6 Å². The van der Waals surface area contributed by atoms with E-state index in [1.165, 1.54) is 11.8 Å². The molecule has 0 aromatic heterocycles. The van der Waals surface area contributed by atoms with Crippen molar-refractivity contribution in [2.24, 2.45) is 0 Å². The average molecular weight is 464 g/mol. The van der Waals surface area contributed by atoms with Crippen LogP contribution in [0.2, 0.25) is 5.02 Å². The van der Waals surface area contributed by atoms with Crippen LogP contribution in [0.1, 0.15) is 25.0 Å². The van der Waals surface area contributed by atoms with Gasteiger partial charge in [-0.15, -0.1) is 0 Å². The molecule has 7 nitrogen and oxygen atoms in total. The summed E-state index contributed by atoms with van der Waals surface area (Å²) < 4.78 is 26.2. The Hall–Kier alpha value is -2.42. The molecule has 2 aromatic carbocycles. The monoisotopic (exact) mass is 463 g/mol. The van der Waals surface area contributed by atoms with Crippen molar-refractivity contribution in [3.05, 3.63) is 64.7 Å². The SMILES string of the molecule is CCS(=O)(=O)N1CC(=O)N(c2cc(Cl)ccc2C)C(C)(C(=O)NCc2ccccc2)C1. The average Bonchev–Trinajstić information content (AvgIpc) is 2.74. The molecule has 31 heavy (non-hydrogen) atoms. The molecule has 1 aliphatic heterocycles. The van der Waals surface area contributed by atoms with E-state index in [9.17, 15) is 18.0 Å². The van der Waals surface area contributed by atoms with Gasteiger partial charge in [-0.05, 0) is 44.0 Å². The number of carbonyl (C=O) groups excluding carboxylic acids is 2. The van der Waals surface area contributed by atoms with Gasteiger partial charge in [0.25, 0.3) is 0 Å². The summed E-state index contributed by atoms with van der Waals surface area (Å²) in [5, 5.41) is 3.29. The lowest BCUT2D eigenvalue weighted by atomic mass is 9.93. The fourth-order valence-electron chi connectivity index (χ4n) is 3.71. The summed E-state index contributed by atoms with van der Waals surface area (Å²) in [7, 11) is -3.67. The lowest BCUT2D eigenvalue weighted by Gasteiger charge is -2.47. The van der Waals surface area contributed by atoms with E-state index >= 15 is 0 Å². The zero-order valence-electron chi connectivity index (χ0n) is 17.8. The van der Waals surface area contributed by atoms with Crippen molar-refractivity contribution in [1.29, 1.82) is 0 Å². The fraction of sp³-hybridized carbons (Fsp3) is 0.364. The Labute approximate surface area is 188 Å². The number of anilines is 1. The van der Waals surface area contributed by atoms with Crippen LogP contribution in [0.3, 0.4) is 0 Å². The number of amides is 2. The highest BCUT2D eigenvalue weighted by Gasteiger charge is 2.50. The van der Waals surface area contributed by atoms with E-state index in [0.29, 0.717) is 10.7 Å². The van der Waals surface area contributed by atoms with Gasteiger partial charge in [0.1, 0.15) is 5.54 Å². The molecule has 1 fully saturated rings. The number of nitrogens with one attached hydrogen (secondary N) is 1. The molecule has 2 aromatic rings. The first kappa shape index (κ1) is 23.2. The Morgan fingerprint density at radius 1 is 1.19 bits per heavy atom. The second kappa shape index (κ2) is 8.98. The van der Waals surface area contributed by atoms with Crippen molar-refractivity contribution in [3.63, 3.8) is 0 Å². The summed E-state index contributed by atoms with van der Waals surface area (Å²) >= 11 is 6.18. The molecule has 1 N–H and O–H groups in total. The molecule has 166 valence electrons. The molecule has 2 amide bonds. The predicted octanol–water partition coefficient (Wildman–Crippen LogP) is 2.72. The second-order valence-corrected chi connectivity index (χ2v) is 10.5. The van der Waals surface area contributed by atoms with Gasteiger partial charge in [0, 0.05) is 23.8 Å². The maximum absolute atomic E-state index is 13.4. The van der Waals surface area contributed by atoms with Gasteiger partial charge in [0.15, 0.2) is 0 Å². The minimum atomic E-state index is -3.67. The Bertz CT molecular complexity index is 1090. The van der Waals surface area contributed by atoms with E-state index in [-0.39, 0.29) is 25.4 Å². The van der Waals surface area contributed by atoms with E-state index in [0.717, 1.165) is 15.4 Å². The van der Waals surface area contributed by atoms with Crippen LogP contribution in [0.25, 0.3) is 0 Å². The summed E-state index contributed by atoms with van der Waals surface area (Å²) in [6.07, 6.45) is 0. The van der Waals surface area contributed by atoms with Gasteiger partial charge in [-0.25, -0.2) is 8.42 Å². The molecular weight excluding hydrogens is 438 g/mol. The van der Waals surface area contributed by atoms with Crippen LogP contribution < -0.4 is 10.2 Å². The van der Waals surface area contributed by atoms with Crippen LogP contribution >= 0.6 is 11.6 Å². The highest BCUT2D eigenvalue weighted by molar-refractivity contribution is 7.89. The largest absolute Gasteiger partial charge is 0.350 e. The number of aryl methyl sites for hydroxylation is 1. The first-order valence-corrected chi connectivity index (χ1v) is 12.0. The van der Waals surface area contributed by atoms with Gasteiger partial charge in [0.05, 0.1) is 12.3 Å². The van der Waals surface area contributed by atoms with Crippen LogP contribution in [-0.4, -0.2) is 48.9 Å². The molecule has 0 radical (unpaired) electrons. The minimum Gasteiger partial charge on any atom is -0.350 e. The summed E-state index contributed by atoms with van der Waals surface area (Å²) in [6, 6.07) is 14.5. The minimum absolute atomic E-state index is 0.151. The Kier molecular flexibility index (Phi) is 6.73. The van der Waals surface area contributed by atoms with Crippen LogP contribution in [0.15, 0.2) is 48.5 Å². The van der Waals surface area contributed by atoms with E-state index in [2.05, 4.69) is 5.32 Å². The molecule has 0 bridgehead atoms. The van der Waals surface area contributed by atoms with Crippen molar-refractivity contribution in [3.8, 4) is 0 Å². The van der Waals surface area contributed by atoms with Gasteiger partial charge in [-0.1, -0.05) is 48.0 Å². The van der Waals surface area contributed by atoms with Crippen molar-refractivity contribution < 1.29 is 18.0 Å². The van der Waals surface area contributed by atoms with E-state index < -0.39 is 27.4 Å². The van der Waals surface area contributed by atoms with Gasteiger partial charge >= 0.3 is 0 Å². The quantitative estimate of drug-likeness (QED) is 0.713. The summed E-state index contributed by atoms with van der Waals surface area (Å²) in [5.41, 5.74) is 0.682. The van der Waals surface area contributed by atoms with Gasteiger partial charge in [-0.2, -0.15) is 4.31 Å². The maximum Gasteiger partial charge on any atom is 0.247 e. The van der Waals surface area contributed by atoms with Gasteiger partial charge in [0.2, 0.25) is 21.8 Å². The normalized spacial score (nSPS) is 20.0. The predicted molar refractivity (Wildman–Crippen MR) is 121 cm³/mol. The highest BCUT2D eigenvalue weighted by atomic mass is 35.5. The Balaban J connectivity index is 2.02. The third-order valence-electron chi connectivity index (χ3n) is 5.49. The molecule has 1 aliphatic rings. The van der Waals surface area contributed by atoms with E-state index in [1.807, 2.05) is 37.3 Å². The van der Waals surface area contributed by atoms with Crippen molar-refractivity contribution in [1.82, 2.24) is 9.62 Å². The zero-order chi connectivity index (χ0) is 22.8. The number of hydrogen-bond donors (Lipinski definition) is 1. The number of halogens is 1. The molecule has 1 heterocycles. The summed E-state index contributed by atoms with van der Waals surface area (Å²) in [6.45, 7) is 4.69. The standard InChI is InChI=1S/C22H26ClN3O4S/c1-4-31(29,30)25-14-20(27)26(19-12-18(23)11-10-16(19)2)22(3,15-25)21(28)24-13-17-8-6-5-7-9-17/h5-12H,4,13-15H2,1-3H3,(H,24,28). The number of nitrogens with zero attached hydrogens (tertiary/aromatic N) is 2.